The SMILES string of the molecule is O=[N+]([O-])c1cccc([N+](=O)[O-])c1CCC(F)(F)F. The van der Waals surface area contributed by atoms with Crippen LogP contribution in [0.5, 0.6) is 0 Å². The summed E-state index contributed by atoms with van der Waals surface area (Å²) in [5, 5.41) is 21.2. The van der Waals surface area contributed by atoms with E-state index >= 15 is 0 Å². The summed E-state index contributed by atoms with van der Waals surface area (Å²) >= 11 is 0. The fraction of sp³-hybridized carbons (Fsp3) is 0.333. The number of nitrogens with zero attached hydrogens (tertiary/aromatic N) is 2. The molecule has 0 aliphatic carbocycles. The van der Waals surface area contributed by atoms with E-state index < -0.39 is 45.8 Å². The van der Waals surface area contributed by atoms with E-state index in [0.717, 1.165) is 18.2 Å². The molecule has 0 fully saturated rings. The second-order valence-corrected chi connectivity index (χ2v) is 3.40. The summed E-state index contributed by atoms with van der Waals surface area (Å²) in [5.74, 6) is 0. The van der Waals surface area contributed by atoms with Crippen molar-refractivity contribution >= 4 is 11.4 Å². The zero-order valence-corrected chi connectivity index (χ0v) is 8.81. The molecule has 9 heteroatoms. The first-order valence-corrected chi connectivity index (χ1v) is 4.70. The molecule has 0 spiro atoms. The monoisotopic (exact) mass is 264 g/mol. The fourth-order valence-electron chi connectivity index (χ4n) is 1.43. The van der Waals surface area contributed by atoms with Gasteiger partial charge in [0.05, 0.1) is 9.85 Å². The molecule has 0 unspecified atom stereocenters. The molecule has 1 rings (SSSR count). The van der Waals surface area contributed by atoms with Crippen molar-refractivity contribution in [3.05, 3.63) is 44.0 Å². The molecular formula is C9H7F3N2O4. The van der Waals surface area contributed by atoms with E-state index in [1.54, 1.807) is 0 Å². The number of halogens is 3. The van der Waals surface area contributed by atoms with Crippen molar-refractivity contribution in [2.45, 2.75) is 19.0 Å². The Morgan fingerprint density at radius 3 is 1.83 bits per heavy atom. The molecule has 0 saturated carbocycles. The van der Waals surface area contributed by atoms with Crippen molar-refractivity contribution in [2.24, 2.45) is 0 Å². The van der Waals surface area contributed by atoms with Gasteiger partial charge in [-0.15, -0.1) is 0 Å². The van der Waals surface area contributed by atoms with Gasteiger partial charge in [-0.1, -0.05) is 0 Å². The largest absolute Gasteiger partial charge is 0.389 e. The summed E-state index contributed by atoms with van der Waals surface area (Å²) in [7, 11) is 0. The standard InChI is InChI=1S/C9H7F3N2O4/c10-9(11,12)5-4-6-7(13(15)16)2-1-3-8(6)14(17)18/h1-3H,4-5H2. The minimum Gasteiger partial charge on any atom is -0.258 e. The van der Waals surface area contributed by atoms with Crippen LogP contribution in [0, 0.1) is 20.2 Å². The topological polar surface area (TPSA) is 86.3 Å². The van der Waals surface area contributed by atoms with Gasteiger partial charge >= 0.3 is 6.18 Å². The molecule has 6 nitrogen and oxygen atoms in total. The van der Waals surface area contributed by atoms with Crippen LogP contribution in [0.15, 0.2) is 18.2 Å². The van der Waals surface area contributed by atoms with E-state index in [0.29, 0.717) is 0 Å². The predicted molar refractivity (Wildman–Crippen MR) is 54.1 cm³/mol. The number of benzene rings is 1. The highest BCUT2D eigenvalue weighted by Crippen LogP contribution is 2.32. The van der Waals surface area contributed by atoms with Gasteiger partial charge in [-0.2, -0.15) is 13.2 Å². The quantitative estimate of drug-likeness (QED) is 0.617. The number of alkyl halides is 3. The average Bonchev–Trinajstić information content (AvgIpc) is 2.24. The number of hydrogen-bond acceptors (Lipinski definition) is 4. The Hall–Kier alpha value is -2.19. The van der Waals surface area contributed by atoms with Crippen molar-refractivity contribution in [1.29, 1.82) is 0 Å². The van der Waals surface area contributed by atoms with Crippen molar-refractivity contribution in [3.63, 3.8) is 0 Å². The molecule has 0 radical (unpaired) electrons. The van der Waals surface area contributed by atoms with Crippen LogP contribution in [-0.4, -0.2) is 16.0 Å². The second kappa shape index (κ2) is 4.98. The number of nitro groups is 2. The van der Waals surface area contributed by atoms with Crippen LogP contribution in [0.3, 0.4) is 0 Å². The molecule has 1 aromatic carbocycles. The summed E-state index contributed by atoms with van der Waals surface area (Å²) in [6, 6.07) is 2.95. The van der Waals surface area contributed by atoms with Crippen LogP contribution >= 0.6 is 0 Å². The van der Waals surface area contributed by atoms with Crippen molar-refractivity contribution < 1.29 is 23.0 Å². The number of nitro benzene ring substituents is 2. The molecule has 0 saturated heterocycles. The van der Waals surface area contributed by atoms with Crippen LogP contribution in [0.2, 0.25) is 0 Å². The minimum absolute atomic E-state index is 0.509. The number of hydrogen-bond donors (Lipinski definition) is 0. The lowest BCUT2D eigenvalue weighted by Gasteiger charge is -2.07. The maximum atomic E-state index is 12.1. The molecule has 0 bridgehead atoms. The van der Waals surface area contributed by atoms with E-state index in [-0.39, 0.29) is 0 Å². The third-order valence-electron chi connectivity index (χ3n) is 2.18. The Morgan fingerprint density at radius 2 is 1.50 bits per heavy atom. The van der Waals surface area contributed by atoms with Crippen molar-refractivity contribution in [2.75, 3.05) is 0 Å². The van der Waals surface area contributed by atoms with E-state index in [4.69, 9.17) is 0 Å². The molecule has 0 aliphatic rings. The van der Waals surface area contributed by atoms with E-state index in [9.17, 15) is 33.4 Å². The minimum atomic E-state index is -4.53. The Kier molecular flexibility index (Phi) is 3.84. The van der Waals surface area contributed by atoms with Crippen molar-refractivity contribution in [1.82, 2.24) is 0 Å². The van der Waals surface area contributed by atoms with Gasteiger partial charge in [-0.3, -0.25) is 20.2 Å². The van der Waals surface area contributed by atoms with Crippen LogP contribution in [0.1, 0.15) is 12.0 Å². The Labute approximate surface area is 98.3 Å². The molecule has 0 heterocycles. The summed E-state index contributed by atoms with van der Waals surface area (Å²) in [5.41, 5.74) is -1.85. The first-order valence-electron chi connectivity index (χ1n) is 4.70. The molecule has 0 N–H and O–H groups in total. The highest BCUT2D eigenvalue weighted by molar-refractivity contribution is 5.53. The highest BCUT2D eigenvalue weighted by Gasteiger charge is 2.31. The maximum Gasteiger partial charge on any atom is 0.389 e. The van der Waals surface area contributed by atoms with Crippen LogP contribution < -0.4 is 0 Å². The fourth-order valence-corrected chi connectivity index (χ4v) is 1.43. The zero-order valence-electron chi connectivity index (χ0n) is 8.81. The van der Waals surface area contributed by atoms with Gasteiger partial charge in [-0.25, -0.2) is 0 Å². The summed E-state index contributed by atoms with van der Waals surface area (Å²) < 4.78 is 36.2. The molecule has 18 heavy (non-hydrogen) atoms. The molecule has 0 aromatic heterocycles. The normalized spacial score (nSPS) is 11.3. The molecule has 1 aromatic rings. The third-order valence-corrected chi connectivity index (χ3v) is 2.18. The summed E-state index contributed by atoms with van der Waals surface area (Å²) in [6.45, 7) is 0. The summed E-state index contributed by atoms with van der Waals surface area (Å²) in [6.07, 6.45) is -6.67. The van der Waals surface area contributed by atoms with Gasteiger partial charge in [0.15, 0.2) is 0 Å². The smallest absolute Gasteiger partial charge is 0.258 e. The average molecular weight is 264 g/mol. The molecule has 0 aliphatic heterocycles. The van der Waals surface area contributed by atoms with Crippen LogP contribution in [-0.2, 0) is 6.42 Å². The lowest BCUT2D eigenvalue weighted by Crippen LogP contribution is -2.10. The van der Waals surface area contributed by atoms with Gasteiger partial charge < -0.3 is 0 Å². The van der Waals surface area contributed by atoms with E-state index in [2.05, 4.69) is 0 Å². The Bertz CT molecular complexity index is 455. The Balaban J connectivity index is 3.19. The number of rotatable bonds is 4. The molecule has 0 amide bonds. The zero-order chi connectivity index (χ0) is 13.9. The molecule has 0 atom stereocenters. The highest BCUT2D eigenvalue weighted by atomic mass is 19.4. The lowest BCUT2D eigenvalue weighted by molar-refractivity contribution is -0.395. The maximum absolute atomic E-state index is 12.1. The second-order valence-electron chi connectivity index (χ2n) is 3.40. The van der Waals surface area contributed by atoms with Gasteiger partial charge in [0, 0.05) is 18.6 Å². The van der Waals surface area contributed by atoms with Crippen LogP contribution in [0.4, 0.5) is 24.5 Å². The van der Waals surface area contributed by atoms with Crippen LogP contribution in [0.25, 0.3) is 0 Å². The third kappa shape index (κ3) is 3.40. The van der Waals surface area contributed by atoms with Gasteiger partial charge in [0.2, 0.25) is 0 Å². The Morgan fingerprint density at radius 1 is 1.06 bits per heavy atom. The van der Waals surface area contributed by atoms with Crippen molar-refractivity contribution in [3.8, 4) is 0 Å². The van der Waals surface area contributed by atoms with Gasteiger partial charge in [0.1, 0.15) is 5.56 Å². The molecular weight excluding hydrogens is 257 g/mol. The first kappa shape index (κ1) is 13.9. The first-order chi connectivity index (χ1) is 8.22. The summed E-state index contributed by atoms with van der Waals surface area (Å²) in [4.78, 5) is 19.4. The lowest BCUT2D eigenvalue weighted by atomic mass is 10.1. The van der Waals surface area contributed by atoms with Gasteiger partial charge in [-0.05, 0) is 12.5 Å². The molecule has 98 valence electrons. The van der Waals surface area contributed by atoms with Gasteiger partial charge in [0.25, 0.3) is 11.4 Å². The predicted octanol–water partition coefficient (Wildman–Crippen LogP) is 3.00. The van der Waals surface area contributed by atoms with E-state index in [1.165, 1.54) is 0 Å². The van der Waals surface area contributed by atoms with E-state index in [1.807, 2.05) is 0 Å².